The monoisotopic (exact) mass is 528 g/mol. The van der Waals surface area contributed by atoms with E-state index in [1.807, 2.05) is 32.0 Å². The molecule has 38 heavy (non-hydrogen) atoms. The highest BCUT2D eigenvalue weighted by Crippen LogP contribution is 2.44. The molecule has 1 aromatic heterocycles. The van der Waals surface area contributed by atoms with E-state index in [4.69, 9.17) is 4.74 Å². The maximum Gasteiger partial charge on any atom is 0.301 e. The molecule has 0 aliphatic carbocycles. The minimum Gasteiger partial charge on any atom is -0.508 e. The number of fused-ring (bicyclic) bond motifs is 1. The van der Waals surface area contributed by atoms with Crippen LogP contribution in [0.2, 0.25) is 0 Å². The smallest absolute Gasteiger partial charge is 0.301 e. The topological polar surface area (TPSA) is 100.0 Å². The van der Waals surface area contributed by atoms with Gasteiger partial charge in [0.05, 0.1) is 28.4 Å². The van der Waals surface area contributed by atoms with E-state index in [9.17, 15) is 19.8 Å². The van der Waals surface area contributed by atoms with Crippen LogP contribution >= 0.6 is 11.3 Å². The number of carbonyl (C=O) groups excluding carboxylic acids is 2. The van der Waals surface area contributed by atoms with E-state index in [2.05, 4.69) is 11.9 Å². The average Bonchev–Trinajstić information content (AvgIpc) is 3.45. The molecule has 1 aliphatic heterocycles. The lowest BCUT2D eigenvalue weighted by Crippen LogP contribution is -2.29. The van der Waals surface area contributed by atoms with Crippen LogP contribution in [0.1, 0.15) is 48.6 Å². The predicted octanol–water partition coefficient (Wildman–Crippen LogP) is 6.29. The lowest BCUT2D eigenvalue weighted by Gasteiger charge is -2.23. The molecular weight excluding hydrogens is 500 g/mol. The quantitative estimate of drug-likeness (QED) is 0.166. The van der Waals surface area contributed by atoms with Gasteiger partial charge in [0.25, 0.3) is 5.78 Å². The summed E-state index contributed by atoms with van der Waals surface area (Å²) in [5.41, 5.74) is 3.62. The summed E-state index contributed by atoms with van der Waals surface area (Å²) in [7, 11) is 0. The summed E-state index contributed by atoms with van der Waals surface area (Å²) in [5, 5.41) is 21.7. The predicted molar refractivity (Wildman–Crippen MR) is 149 cm³/mol. The first-order valence-electron chi connectivity index (χ1n) is 12.6. The zero-order valence-corrected chi connectivity index (χ0v) is 22.2. The van der Waals surface area contributed by atoms with Crippen LogP contribution in [0.5, 0.6) is 11.5 Å². The molecule has 2 N–H and O–H groups in total. The van der Waals surface area contributed by atoms with E-state index >= 15 is 0 Å². The number of anilines is 1. The van der Waals surface area contributed by atoms with Crippen molar-refractivity contribution in [3.05, 3.63) is 88.5 Å². The SMILES string of the molecule is CCCOc1ccc(/C(O)=C2\C(=O)C(=O)N(c3nc4ccc(CC)cc4s3)C2c2ccc(O)cc2)cc1C. The number of Topliss-reactive ketones (excluding diaryl/α,β-unsaturated/α-hetero) is 1. The molecule has 0 radical (unpaired) electrons. The van der Waals surface area contributed by atoms with Crippen molar-refractivity contribution in [2.45, 2.75) is 39.7 Å². The molecule has 0 bridgehead atoms. The first kappa shape index (κ1) is 25.5. The number of hydrogen-bond acceptors (Lipinski definition) is 7. The Hall–Kier alpha value is -4.17. The van der Waals surface area contributed by atoms with Gasteiger partial charge in [0.1, 0.15) is 17.3 Å². The van der Waals surface area contributed by atoms with Gasteiger partial charge in [0.2, 0.25) is 0 Å². The molecule has 0 saturated carbocycles. The number of aromatic nitrogens is 1. The van der Waals surface area contributed by atoms with E-state index in [-0.39, 0.29) is 17.1 Å². The second kappa shape index (κ2) is 10.3. The maximum absolute atomic E-state index is 13.5. The molecule has 7 nitrogen and oxygen atoms in total. The first-order chi connectivity index (χ1) is 18.3. The van der Waals surface area contributed by atoms with Crippen LogP contribution in [0.15, 0.2) is 66.2 Å². The summed E-state index contributed by atoms with van der Waals surface area (Å²) in [6, 6.07) is 16.5. The highest BCUT2D eigenvalue weighted by atomic mass is 32.1. The first-order valence-corrected chi connectivity index (χ1v) is 13.4. The largest absolute Gasteiger partial charge is 0.508 e. The lowest BCUT2D eigenvalue weighted by molar-refractivity contribution is -0.132. The van der Waals surface area contributed by atoms with Crippen molar-refractivity contribution in [2.24, 2.45) is 0 Å². The molecule has 194 valence electrons. The van der Waals surface area contributed by atoms with Gasteiger partial charge in [-0.2, -0.15) is 0 Å². The Balaban J connectivity index is 1.66. The van der Waals surface area contributed by atoms with E-state index in [1.54, 1.807) is 30.3 Å². The van der Waals surface area contributed by atoms with E-state index in [0.29, 0.717) is 28.6 Å². The zero-order chi connectivity index (χ0) is 27.0. The van der Waals surface area contributed by atoms with E-state index in [0.717, 1.165) is 34.2 Å². The number of aliphatic hydroxyl groups excluding tert-OH is 1. The van der Waals surface area contributed by atoms with Gasteiger partial charge in [-0.1, -0.05) is 43.4 Å². The van der Waals surface area contributed by atoms with Crippen LogP contribution in [-0.4, -0.2) is 33.5 Å². The van der Waals surface area contributed by atoms with Gasteiger partial charge in [0, 0.05) is 5.56 Å². The van der Waals surface area contributed by atoms with Crippen molar-refractivity contribution in [1.82, 2.24) is 4.98 Å². The van der Waals surface area contributed by atoms with Gasteiger partial charge >= 0.3 is 5.91 Å². The molecule has 1 amide bonds. The summed E-state index contributed by atoms with van der Waals surface area (Å²) >= 11 is 1.32. The van der Waals surface area contributed by atoms with Crippen molar-refractivity contribution in [1.29, 1.82) is 0 Å². The van der Waals surface area contributed by atoms with Crippen LogP contribution in [0.3, 0.4) is 0 Å². The molecule has 5 rings (SSSR count). The Labute approximate surface area is 224 Å². The molecule has 0 spiro atoms. The third kappa shape index (κ3) is 4.52. The second-order valence-electron chi connectivity index (χ2n) is 9.24. The summed E-state index contributed by atoms with van der Waals surface area (Å²) < 4.78 is 6.66. The number of carbonyl (C=O) groups is 2. The average molecular weight is 529 g/mol. The van der Waals surface area contributed by atoms with Gasteiger partial charge in [-0.15, -0.1) is 0 Å². The number of ether oxygens (including phenoxy) is 1. The van der Waals surface area contributed by atoms with Crippen molar-refractivity contribution >= 4 is 44.1 Å². The number of aromatic hydroxyl groups is 1. The number of aryl methyl sites for hydroxylation is 2. The summed E-state index contributed by atoms with van der Waals surface area (Å²) in [6.07, 6.45) is 1.73. The number of rotatable bonds is 7. The Morgan fingerprint density at radius 1 is 1.05 bits per heavy atom. The number of phenols is 1. The molecule has 4 aromatic rings. The van der Waals surface area contributed by atoms with Crippen LogP contribution in [-0.2, 0) is 16.0 Å². The minimum absolute atomic E-state index is 0.0316. The number of benzene rings is 3. The van der Waals surface area contributed by atoms with Crippen molar-refractivity contribution < 1.29 is 24.5 Å². The van der Waals surface area contributed by atoms with Gasteiger partial charge in [-0.3, -0.25) is 14.5 Å². The third-order valence-corrected chi connectivity index (χ3v) is 7.64. The Kier molecular flexibility index (Phi) is 6.91. The number of thiazole rings is 1. The fourth-order valence-electron chi connectivity index (χ4n) is 4.61. The number of phenolic OH excluding ortho intramolecular Hbond substituents is 1. The van der Waals surface area contributed by atoms with Crippen LogP contribution < -0.4 is 9.64 Å². The zero-order valence-electron chi connectivity index (χ0n) is 21.4. The van der Waals surface area contributed by atoms with Crippen molar-refractivity contribution in [2.75, 3.05) is 11.5 Å². The minimum atomic E-state index is -0.918. The molecule has 3 aromatic carbocycles. The molecule has 8 heteroatoms. The normalized spacial score (nSPS) is 16.9. The number of ketones is 1. The summed E-state index contributed by atoms with van der Waals surface area (Å²) in [5.74, 6) is -1.09. The molecule has 1 unspecified atom stereocenters. The van der Waals surface area contributed by atoms with Crippen LogP contribution in [0, 0.1) is 6.92 Å². The van der Waals surface area contributed by atoms with Crippen LogP contribution in [0.4, 0.5) is 5.13 Å². The highest BCUT2D eigenvalue weighted by Gasteiger charge is 2.48. The standard InChI is InChI=1S/C30H28N2O5S/c1-4-14-37-23-13-9-20(15-17(23)3)27(34)25-26(19-7-10-21(33)11-8-19)32(29(36)28(25)35)30-31-22-12-6-18(5-2)16-24(22)38-30/h6-13,15-16,26,33-34H,4-5,14H2,1-3H3/b27-25+. The van der Waals surface area contributed by atoms with Gasteiger partial charge in [-0.25, -0.2) is 4.98 Å². The fourth-order valence-corrected chi connectivity index (χ4v) is 5.66. The van der Waals surface area contributed by atoms with Crippen LogP contribution in [0.25, 0.3) is 16.0 Å². The summed E-state index contributed by atoms with van der Waals surface area (Å²) in [6.45, 7) is 6.52. The lowest BCUT2D eigenvalue weighted by atomic mass is 9.95. The fraction of sp³-hybridized carbons (Fsp3) is 0.233. The Morgan fingerprint density at radius 2 is 1.82 bits per heavy atom. The number of amides is 1. The molecule has 1 atom stereocenters. The maximum atomic E-state index is 13.5. The van der Waals surface area contributed by atoms with E-state index in [1.165, 1.54) is 28.4 Å². The highest BCUT2D eigenvalue weighted by molar-refractivity contribution is 7.22. The molecular formula is C30H28N2O5S. The molecule has 1 saturated heterocycles. The van der Waals surface area contributed by atoms with Crippen molar-refractivity contribution in [3.8, 4) is 11.5 Å². The Morgan fingerprint density at radius 3 is 2.50 bits per heavy atom. The van der Waals surface area contributed by atoms with Gasteiger partial charge < -0.3 is 14.9 Å². The van der Waals surface area contributed by atoms with E-state index < -0.39 is 17.7 Å². The number of aliphatic hydroxyl groups is 1. The molecule has 1 aliphatic rings. The Bertz CT molecular complexity index is 1570. The summed E-state index contributed by atoms with van der Waals surface area (Å²) in [4.78, 5) is 32.9. The second-order valence-corrected chi connectivity index (χ2v) is 10.3. The molecule has 1 fully saturated rings. The number of nitrogens with zero attached hydrogens (tertiary/aromatic N) is 2. The molecule has 2 heterocycles. The van der Waals surface area contributed by atoms with Crippen molar-refractivity contribution in [3.63, 3.8) is 0 Å². The third-order valence-electron chi connectivity index (χ3n) is 6.62. The van der Waals surface area contributed by atoms with Gasteiger partial charge in [0.15, 0.2) is 5.13 Å². The number of hydrogen-bond donors (Lipinski definition) is 2. The van der Waals surface area contributed by atoms with Gasteiger partial charge in [-0.05, 0) is 78.9 Å².